The molecule has 5 heteroatoms. The summed E-state index contributed by atoms with van der Waals surface area (Å²) in [4.78, 5) is 11.9. The van der Waals surface area contributed by atoms with Gasteiger partial charge in [-0.2, -0.15) is 0 Å². The second-order valence-electron chi connectivity index (χ2n) is 3.52. The predicted octanol–water partition coefficient (Wildman–Crippen LogP) is 2.39. The van der Waals surface area contributed by atoms with Crippen molar-refractivity contribution >= 4 is 44.4 Å². The Morgan fingerprint density at radius 2 is 2.25 bits per heavy atom. The van der Waals surface area contributed by atoms with Crippen molar-refractivity contribution in [2.75, 3.05) is 13.6 Å². The maximum atomic E-state index is 11.9. The third-order valence-corrected chi connectivity index (χ3v) is 3.67. The Bertz CT molecular complexity index is 384. The van der Waals surface area contributed by atoms with Gasteiger partial charge in [-0.15, -0.1) is 0 Å². The first-order valence-electron chi connectivity index (χ1n) is 4.95. The van der Waals surface area contributed by atoms with E-state index in [9.17, 15) is 4.79 Å². The highest BCUT2D eigenvalue weighted by Gasteiger charge is 2.10. The van der Waals surface area contributed by atoms with E-state index in [2.05, 4.69) is 49.2 Å². The van der Waals surface area contributed by atoms with Gasteiger partial charge in [0.05, 0.1) is 5.56 Å². The molecular formula is C11H14BrIN2O. The molecule has 0 aliphatic heterocycles. The monoisotopic (exact) mass is 396 g/mol. The summed E-state index contributed by atoms with van der Waals surface area (Å²) in [7, 11) is 1.87. The van der Waals surface area contributed by atoms with Gasteiger partial charge in [-0.05, 0) is 54.8 Å². The lowest BCUT2D eigenvalue weighted by Gasteiger charge is -2.12. The maximum Gasteiger partial charge on any atom is 0.252 e. The van der Waals surface area contributed by atoms with Crippen LogP contribution in [0.3, 0.4) is 0 Å². The Labute approximate surface area is 118 Å². The molecule has 0 spiro atoms. The van der Waals surface area contributed by atoms with E-state index in [1.54, 1.807) is 0 Å². The molecule has 0 bridgehead atoms. The molecule has 1 rings (SSSR count). The minimum Gasteiger partial charge on any atom is -0.350 e. The summed E-state index contributed by atoms with van der Waals surface area (Å²) in [6.07, 6.45) is 0. The van der Waals surface area contributed by atoms with Gasteiger partial charge < -0.3 is 10.6 Å². The number of likely N-dealkylation sites (N-methyl/N-ethyl adjacent to an activating group) is 1. The largest absolute Gasteiger partial charge is 0.350 e. The van der Waals surface area contributed by atoms with Gasteiger partial charge >= 0.3 is 0 Å². The third kappa shape index (κ3) is 4.03. The number of amides is 1. The van der Waals surface area contributed by atoms with Crippen LogP contribution in [-0.2, 0) is 0 Å². The summed E-state index contributed by atoms with van der Waals surface area (Å²) in [5.74, 6) is -0.0344. The topological polar surface area (TPSA) is 41.1 Å². The molecule has 2 N–H and O–H groups in total. The number of carbonyl (C=O) groups excluding carboxylic acids is 1. The van der Waals surface area contributed by atoms with Gasteiger partial charge in [0.1, 0.15) is 0 Å². The molecular weight excluding hydrogens is 383 g/mol. The Balaban J connectivity index is 2.69. The van der Waals surface area contributed by atoms with E-state index in [0.717, 1.165) is 8.04 Å². The molecule has 0 radical (unpaired) electrons. The quantitative estimate of drug-likeness (QED) is 0.767. The van der Waals surface area contributed by atoms with Gasteiger partial charge in [-0.25, -0.2) is 0 Å². The van der Waals surface area contributed by atoms with Gasteiger partial charge in [0.2, 0.25) is 0 Å². The van der Waals surface area contributed by atoms with Crippen LogP contribution >= 0.6 is 38.5 Å². The number of benzene rings is 1. The summed E-state index contributed by atoms with van der Waals surface area (Å²) >= 11 is 5.52. The molecule has 1 unspecified atom stereocenters. The van der Waals surface area contributed by atoms with Gasteiger partial charge in [0, 0.05) is 20.6 Å². The number of carbonyl (C=O) groups is 1. The minimum atomic E-state index is -0.0344. The third-order valence-electron chi connectivity index (χ3n) is 2.23. The lowest BCUT2D eigenvalue weighted by atomic mass is 10.2. The van der Waals surface area contributed by atoms with Gasteiger partial charge in [0.25, 0.3) is 5.91 Å². The lowest BCUT2D eigenvalue weighted by Crippen LogP contribution is -2.37. The molecule has 88 valence electrons. The maximum absolute atomic E-state index is 11.9. The molecule has 0 saturated heterocycles. The van der Waals surface area contributed by atoms with Crippen LogP contribution in [0.25, 0.3) is 0 Å². The van der Waals surface area contributed by atoms with Crippen LogP contribution in [0.1, 0.15) is 17.3 Å². The summed E-state index contributed by atoms with van der Waals surface area (Å²) < 4.78 is 1.87. The minimum absolute atomic E-state index is 0.0344. The fourth-order valence-corrected chi connectivity index (χ4v) is 2.06. The molecule has 0 aromatic heterocycles. The molecule has 0 heterocycles. The van der Waals surface area contributed by atoms with Crippen molar-refractivity contribution in [3.63, 3.8) is 0 Å². The Morgan fingerprint density at radius 1 is 1.56 bits per heavy atom. The van der Waals surface area contributed by atoms with E-state index in [-0.39, 0.29) is 11.9 Å². The predicted molar refractivity (Wildman–Crippen MR) is 77.7 cm³/mol. The summed E-state index contributed by atoms with van der Waals surface area (Å²) in [6.45, 7) is 2.64. The molecule has 16 heavy (non-hydrogen) atoms. The highest BCUT2D eigenvalue weighted by atomic mass is 127. The van der Waals surface area contributed by atoms with Crippen molar-refractivity contribution in [3.05, 3.63) is 31.8 Å². The van der Waals surface area contributed by atoms with E-state index in [1.165, 1.54) is 0 Å². The summed E-state index contributed by atoms with van der Waals surface area (Å²) in [5, 5.41) is 5.96. The first kappa shape index (κ1) is 13.9. The van der Waals surface area contributed by atoms with E-state index in [0.29, 0.717) is 12.1 Å². The van der Waals surface area contributed by atoms with Gasteiger partial charge in [0.15, 0.2) is 0 Å². The molecule has 1 atom stereocenters. The van der Waals surface area contributed by atoms with Crippen LogP contribution in [0.5, 0.6) is 0 Å². The first-order chi connectivity index (χ1) is 7.54. The number of hydrogen-bond acceptors (Lipinski definition) is 2. The van der Waals surface area contributed by atoms with Crippen molar-refractivity contribution in [1.82, 2.24) is 10.6 Å². The average Bonchev–Trinajstić information content (AvgIpc) is 2.28. The van der Waals surface area contributed by atoms with E-state index >= 15 is 0 Å². The second-order valence-corrected chi connectivity index (χ2v) is 5.60. The normalized spacial score (nSPS) is 12.2. The van der Waals surface area contributed by atoms with E-state index in [1.807, 2.05) is 32.2 Å². The average molecular weight is 397 g/mol. The Hall–Kier alpha value is -0.140. The fourth-order valence-electron chi connectivity index (χ4n) is 1.11. The SMILES string of the molecule is CNC(C)CNC(=O)c1cc(Br)ccc1I. The molecule has 0 fully saturated rings. The van der Waals surface area contributed by atoms with Crippen molar-refractivity contribution in [1.29, 1.82) is 0 Å². The fraction of sp³-hybridized carbons (Fsp3) is 0.364. The standard InChI is InChI=1S/C11H14BrIN2O/c1-7(14-2)6-15-11(16)9-5-8(12)3-4-10(9)13/h3-5,7,14H,6H2,1-2H3,(H,15,16). The number of hydrogen-bond donors (Lipinski definition) is 2. The molecule has 1 amide bonds. The van der Waals surface area contributed by atoms with Crippen LogP contribution in [0.4, 0.5) is 0 Å². The van der Waals surface area contributed by atoms with Crippen molar-refractivity contribution in [3.8, 4) is 0 Å². The van der Waals surface area contributed by atoms with Gasteiger partial charge in [-0.3, -0.25) is 4.79 Å². The van der Waals surface area contributed by atoms with Crippen LogP contribution in [-0.4, -0.2) is 25.5 Å². The van der Waals surface area contributed by atoms with Crippen LogP contribution < -0.4 is 10.6 Å². The highest BCUT2D eigenvalue weighted by molar-refractivity contribution is 14.1. The molecule has 0 aliphatic rings. The zero-order chi connectivity index (χ0) is 12.1. The zero-order valence-corrected chi connectivity index (χ0v) is 12.9. The number of halogens is 2. The van der Waals surface area contributed by atoms with Crippen molar-refractivity contribution in [2.24, 2.45) is 0 Å². The van der Waals surface area contributed by atoms with Gasteiger partial charge in [-0.1, -0.05) is 15.9 Å². The molecule has 0 aliphatic carbocycles. The molecule has 3 nitrogen and oxygen atoms in total. The highest BCUT2D eigenvalue weighted by Crippen LogP contribution is 2.18. The zero-order valence-electron chi connectivity index (χ0n) is 9.18. The van der Waals surface area contributed by atoms with E-state index in [4.69, 9.17) is 0 Å². The van der Waals surface area contributed by atoms with Crippen LogP contribution in [0.2, 0.25) is 0 Å². The van der Waals surface area contributed by atoms with Crippen LogP contribution in [0, 0.1) is 3.57 Å². The smallest absolute Gasteiger partial charge is 0.252 e. The molecule has 1 aromatic rings. The van der Waals surface area contributed by atoms with Crippen LogP contribution in [0.15, 0.2) is 22.7 Å². The van der Waals surface area contributed by atoms with E-state index < -0.39 is 0 Å². The summed E-state index contributed by atoms with van der Waals surface area (Å²) in [5.41, 5.74) is 0.707. The first-order valence-corrected chi connectivity index (χ1v) is 6.82. The molecule has 1 aromatic carbocycles. The van der Waals surface area contributed by atoms with Crippen molar-refractivity contribution < 1.29 is 4.79 Å². The van der Waals surface area contributed by atoms with Crippen molar-refractivity contribution in [2.45, 2.75) is 13.0 Å². The number of nitrogens with one attached hydrogen (secondary N) is 2. The summed E-state index contributed by atoms with van der Waals surface area (Å²) in [6, 6.07) is 5.95. The number of rotatable bonds is 4. The lowest BCUT2D eigenvalue weighted by molar-refractivity contribution is 0.0949. The Morgan fingerprint density at radius 3 is 2.88 bits per heavy atom. The Kier molecular flexibility index (Phi) is 5.71. The second kappa shape index (κ2) is 6.56. The molecule has 0 saturated carbocycles.